The molecule has 106 valence electrons. The van der Waals surface area contributed by atoms with Crippen LogP contribution >= 0.6 is 0 Å². The highest BCUT2D eigenvalue weighted by Gasteiger charge is 2.23. The Kier molecular flexibility index (Phi) is 4.64. The summed E-state index contributed by atoms with van der Waals surface area (Å²) in [5.74, 6) is 0.855. The molecule has 0 N–H and O–H groups in total. The molecule has 0 aliphatic carbocycles. The molecule has 0 amide bonds. The van der Waals surface area contributed by atoms with Crippen LogP contribution in [0.15, 0.2) is 12.1 Å². The first kappa shape index (κ1) is 15.1. The molecule has 0 fully saturated rings. The third-order valence-corrected chi connectivity index (χ3v) is 2.32. The monoisotopic (exact) mass is 268 g/mol. The van der Waals surface area contributed by atoms with Crippen LogP contribution in [0.5, 0.6) is 17.2 Å². The summed E-state index contributed by atoms with van der Waals surface area (Å²) in [4.78, 5) is 12.1. The third-order valence-electron chi connectivity index (χ3n) is 2.32. The Labute approximate surface area is 113 Å². The van der Waals surface area contributed by atoms with Crippen molar-refractivity contribution in [3.63, 3.8) is 0 Å². The van der Waals surface area contributed by atoms with Gasteiger partial charge in [0.15, 0.2) is 11.5 Å². The summed E-state index contributed by atoms with van der Waals surface area (Å²) in [6, 6.07) is 3.14. The molecule has 0 atom stereocenters. The highest BCUT2D eigenvalue weighted by atomic mass is 16.6. The predicted octanol–water partition coefficient (Wildman–Crippen LogP) is 2.67. The van der Waals surface area contributed by atoms with Gasteiger partial charge in [0.1, 0.15) is 16.9 Å². The van der Waals surface area contributed by atoms with E-state index < -0.39 is 11.6 Å². The largest absolute Gasteiger partial charge is 0.496 e. The molecule has 0 aromatic heterocycles. The van der Waals surface area contributed by atoms with E-state index in [0.29, 0.717) is 22.8 Å². The fraction of sp³-hybridized carbons (Fsp3) is 0.500. The molecule has 5 nitrogen and oxygen atoms in total. The number of benzene rings is 1. The molecular weight excluding hydrogens is 248 g/mol. The van der Waals surface area contributed by atoms with Crippen LogP contribution in [0.3, 0.4) is 0 Å². The second-order valence-corrected chi connectivity index (χ2v) is 4.91. The van der Waals surface area contributed by atoms with Gasteiger partial charge in [-0.25, -0.2) is 4.79 Å². The van der Waals surface area contributed by atoms with Gasteiger partial charge in [-0.1, -0.05) is 0 Å². The van der Waals surface area contributed by atoms with E-state index in [0.717, 1.165) is 0 Å². The maximum absolute atomic E-state index is 12.1. The molecule has 0 aliphatic heterocycles. The molecule has 0 saturated carbocycles. The van der Waals surface area contributed by atoms with E-state index in [4.69, 9.17) is 18.9 Å². The van der Waals surface area contributed by atoms with Crippen molar-refractivity contribution in [1.29, 1.82) is 0 Å². The quantitative estimate of drug-likeness (QED) is 0.786. The van der Waals surface area contributed by atoms with Crippen molar-refractivity contribution in [3.05, 3.63) is 17.7 Å². The summed E-state index contributed by atoms with van der Waals surface area (Å²) >= 11 is 0. The molecule has 0 saturated heterocycles. The minimum Gasteiger partial charge on any atom is -0.496 e. The van der Waals surface area contributed by atoms with E-state index in [1.54, 1.807) is 32.9 Å². The van der Waals surface area contributed by atoms with Gasteiger partial charge < -0.3 is 18.9 Å². The molecule has 0 aliphatic rings. The van der Waals surface area contributed by atoms with Crippen molar-refractivity contribution in [1.82, 2.24) is 0 Å². The van der Waals surface area contributed by atoms with Gasteiger partial charge in [0.05, 0.1) is 21.3 Å². The van der Waals surface area contributed by atoms with Gasteiger partial charge in [-0.3, -0.25) is 0 Å². The van der Waals surface area contributed by atoms with Gasteiger partial charge in [0, 0.05) is 12.1 Å². The summed E-state index contributed by atoms with van der Waals surface area (Å²) in [5, 5.41) is 0. The zero-order chi connectivity index (χ0) is 14.6. The van der Waals surface area contributed by atoms with Crippen LogP contribution in [0, 0.1) is 0 Å². The maximum Gasteiger partial charge on any atom is 0.342 e. The molecule has 1 aromatic carbocycles. The van der Waals surface area contributed by atoms with Crippen molar-refractivity contribution in [2.75, 3.05) is 21.3 Å². The maximum atomic E-state index is 12.1. The average molecular weight is 268 g/mol. The Hall–Kier alpha value is -1.91. The van der Waals surface area contributed by atoms with Crippen molar-refractivity contribution < 1.29 is 23.7 Å². The molecule has 5 heteroatoms. The van der Waals surface area contributed by atoms with Gasteiger partial charge >= 0.3 is 5.97 Å². The number of methoxy groups -OCH3 is 3. The highest BCUT2D eigenvalue weighted by molar-refractivity contribution is 5.93. The van der Waals surface area contributed by atoms with Crippen LogP contribution in [-0.4, -0.2) is 32.9 Å². The Balaban J connectivity index is 3.22. The van der Waals surface area contributed by atoms with Gasteiger partial charge in [-0.15, -0.1) is 0 Å². The molecule has 1 aromatic rings. The van der Waals surface area contributed by atoms with E-state index in [2.05, 4.69) is 0 Å². The first-order valence-electron chi connectivity index (χ1n) is 5.85. The van der Waals surface area contributed by atoms with Crippen molar-refractivity contribution in [2.45, 2.75) is 26.4 Å². The SMILES string of the molecule is COc1cc(OC)c(C(=O)OC(C)(C)C)cc1OC. The summed E-state index contributed by atoms with van der Waals surface area (Å²) < 4.78 is 20.8. The second-order valence-electron chi connectivity index (χ2n) is 4.91. The summed E-state index contributed by atoms with van der Waals surface area (Å²) in [7, 11) is 4.50. The number of ether oxygens (including phenoxy) is 4. The number of carbonyl (C=O) groups excluding carboxylic acids is 1. The summed E-state index contributed by atoms with van der Waals surface area (Å²) in [6.45, 7) is 5.41. The van der Waals surface area contributed by atoms with E-state index >= 15 is 0 Å². The minimum absolute atomic E-state index is 0.301. The van der Waals surface area contributed by atoms with Crippen molar-refractivity contribution in [2.24, 2.45) is 0 Å². The van der Waals surface area contributed by atoms with Crippen LogP contribution < -0.4 is 14.2 Å². The summed E-state index contributed by atoms with van der Waals surface area (Å²) in [5.41, 5.74) is -0.273. The third kappa shape index (κ3) is 3.77. The van der Waals surface area contributed by atoms with E-state index in [-0.39, 0.29) is 0 Å². The average Bonchev–Trinajstić information content (AvgIpc) is 2.34. The lowest BCUT2D eigenvalue weighted by atomic mass is 10.1. The van der Waals surface area contributed by atoms with Crippen molar-refractivity contribution in [3.8, 4) is 17.2 Å². The number of esters is 1. The smallest absolute Gasteiger partial charge is 0.342 e. The van der Waals surface area contributed by atoms with Crippen LogP contribution in [-0.2, 0) is 4.74 Å². The first-order valence-corrected chi connectivity index (χ1v) is 5.85. The van der Waals surface area contributed by atoms with E-state index in [1.807, 2.05) is 0 Å². The predicted molar refractivity (Wildman–Crippen MR) is 71.3 cm³/mol. The molecule has 19 heavy (non-hydrogen) atoms. The molecule has 1 rings (SSSR count). The zero-order valence-corrected chi connectivity index (χ0v) is 12.2. The number of hydrogen-bond donors (Lipinski definition) is 0. The Morgan fingerprint density at radius 3 is 1.79 bits per heavy atom. The molecule has 0 unspecified atom stereocenters. The van der Waals surface area contributed by atoms with E-state index in [9.17, 15) is 4.79 Å². The van der Waals surface area contributed by atoms with Gasteiger partial charge in [-0.05, 0) is 20.8 Å². The Morgan fingerprint density at radius 1 is 0.895 bits per heavy atom. The summed E-state index contributed by atoms with van der Waals surface area (Å²) in [6.07, 6.45) is 0. The first-order chi connectivity index (χ1) is 8.82. The van der Waals surface area contributed by atoms with Crippen LogP contribution in [0.1, 0.15) is 31.1 Å². The standard InChI is InChI=1S/C14H20O5/c1-14(2,3)19-13(15)9-7-11(17-5)12(18-6)8-10(9)16-4/h7-8H,1-6H3. The molecule has 0 heterocycles. The van der Waals surface area contributed by atoms with E-state index in [1.165, 1.54) is 21.3 Å². The lowest BCUT2D eigenvalue weighted by Crippen LogP contribution is -2.24. The lowest BCUT2D eigenvalue weighted by Gasteiger charge is -2.21. The number of carbonyl (C=O) groups is 1. The van der Waals surface area contributed by atoms with Crippen LogP contribution in [0.25, 0.3) is 0 Å². The van der Waals surface area contributed by atoms with Crippen LogP contribution in [0.4, 0.5) is 0 Å². The normalized spacial score (nSPS) is 10.8. The Bertz CT molecular complexity index is 460. The second kappa shape index (κ2) is 5.82. The number of rotatable bonds is 4. The topological polar surface area (TPSA) is 54.0 Å². The lowest BCUT2D eigenvalue weighted by molar-refractivity contribution is 0.00661. The van der Waals surface area contributed by atoms with Gasteiger partial charge in [-0.2, -0.15) is 0 Å². The fourth-order valence-corrected chi connectivity index (χ4v) is 1.52. The molecule has 0 bridgehead atoms. The Morgan fingerprint density at radius 2 is 1.37 bits per heavy atom. The molecular formula is C14H20O5. The van der Waals surface area contributed by atoms with Gasteiger partial charge in [0.25, 0.3) is 0 Å². The molecule has 0 radical (unpaired) electrons. The molecule has 0 spiro atoms. The number of hydrogen-bond acceptors (Lipinski definition) is 5. The van der Waals surface area contributed by atoms with Crippen LogP contribution in [0.2, 0.25) is 0 Å². The van der Waals surface area contributed by atoms with Crippen molar-refractivity contribution >= 4 is 5.97 Å². The zero-order valence-electron chi connectivity index (χ0n) is 12.2. The highest BCUT2D eigenvalue weighted by Crippen LogP contribution is 2.35. The minimum atomic E-state index is -0.574. The van der Waals surface area contributed by atoms with Gasteiger partial charge in [0.2, 0.25) is 0 Å². The fourth-order valence-electron chi connectivity index (χ4n) is 1.52.